The first-order valence-corrected chi connectivity index (χ1v) is 8.73. The van der Waals surface area contributed by atoms with Gasteiger partial charge in [-0.15, -0.1) is 0 Å². The summed E-state index contributed by atoms with van der Waals surface area (Å²) in [4.78, 5) is 14.1. The van der Waals surface area contributed by atoms with Crippen molar-refractivity contribution in [1.29, 1.82) is 0 Å². The maximum atomic E-state index is 11.5. The third-order valence-electron chi connectivity index (χ3n) is 5.55. The normalized spacial score (nSPS) is 24.0. The highest BCUT2D eigenvalue weighted by atomic mass is 16.1. The number of piperidine rings is 1. The van der Waals surface area contributed by atoms with Crippen molar-refractivity contribution in [2.75, 3.05) is 19.6 Å². The van der Waals surface area contributed by atoms with Crippen molar-refractivity contribution in [3.05, 3.63) is 35.4 Å². The van der Waals surface area contributed by atoms with Crippen molar-refractivity contribution in [3.63, 3.8) is 0 Å². The Labute approximate surface area is 134 Å². The summed E-state index contributed by atoms with van der Waals surface area (Å²) in [6.07, 6.45) is 6.04. The quantitative estimate of drug-likeness (QED) is 0.928. The van der Waals surface area contributed by atoms with E-state index in [1.165, 1.54) is 56.4 Å². The molecule has 1 aliphatic heterocycles. The van der Waals surface area contributed by atoms with E-state index in [0.29, 0.717) is 5.41 Å². The minimum atomic E-state index is 0.0773. The van der Waals surface area contributed by atoms with E-state index in [9.17, 15) is 4.79 Å². The van der Waals surface area contributed by atoms with Gasteiger partial charge < -0.3 is 10.2 Å². The van der Waals surface area contributed by atoms with Gasteiger partial charge >= 0.3 is 0 Å². The Morgan fingerprint density at radius 3 is 2.68 bits per heavy atom. The smallest absolute Gasteiger partial charge is 0.217 e. The molecule has 0 bridgehead atoms. The highest BCUT2D eigenvalue weighted by Crippen LogP contribution is 2.47. The number of nitrogens with one attached hydrogen (secondary N) is 1. The number of rotatable bonds is 3. The van der Waals surface area contributed by atoms with Crippen LogP contribution < -0.4 is 5.32 Å². The van der Waals surface area contributed by atoms with Gasteiger partial charge in [-0.2, -0.15) is 0 Å². The highest BCUT2D eigenvalue weighted by Gasteiger charge is 2.41. The van der Waals surface area contributed by atoms with Gasteiger partial charge in [-0.3, -0.25) is 4.79 Å². The van der Waals surface area contributed by atoms with Crippen molar-refractivity contribution < 1.29 is 4.79 Å². The molecule has 0 saturated carbocycles. The number of carbonyl (C=O) groups is 1. The van der Waals surface area contributed by atoms with Crippen LogP contribution in [0.3, 0.4) is 0 Å². The number of hydrogen-bond acceptors (Lipinski definition) is 2. The summed E-state index contributed by atoms with van der Waals surface area (Å²) in [5, 5.41) is 3.14. The van der Waals surface area contributed by atoms with Gasteiger partial charge in [0, 0.05) is 6.92 Å². The number of amides is 1. The van der Waals surface area contributed by atoms with Crippen LogP contribution in [0.15, 0.2) is 24.3 Å². The van der Waals surface area contributed by atoms with E-state index in [0.717, 1.165) is 6.42 Å². The molecule has 0 unspecified atom stereocenters. The largest absolute Gasteiger partial charge is 0.350 e. The Morgan fingerprint density at radius 2 is 2.00 bits per heavy atom. The van der Waals surface area contributed by atoms with Crippen molar-refractivity contribution >= 4 is 5.91 Å². The maximum absolute atomic E-state index is 11.5. The molecule has 1 amide bonds. The molecule has 1 heterocycles. The molecule has 120 valence electrons. The summed E-state index contributed by atoms with van der Waals surface area (Å²) in [6.45, 7) is 7.54. The summed E-state index contributed by atoms with van der Waals surface area (Å²) in [5.74, 6) is 0.0773. The van der Waals surface area contributed by atoms with Crippen LogP contribution in [0.5, 0.6) is 0 Å². The van der Waals surface area contributed by atoms with Gasteiger partial charge in [0.1, 0.15) is 0 Å². The number of nitrogens with zero attached hydrogens (tertiary/aromatic N) is 1. The van der Waals surface area contributed by atoms with Crippen LogP contribution in [0.1, 0.15) is 63.1 Å². The van der Waals surface area contributed by atoms with Gasteiger partial charge in [0.05, 0.1) is 6.04 Å². The molecular weight excluding hydrogens is 272 g/mol. The van der Waals surface area contributed by atoms with E-state index in [1.54, 1.807) is 6.92 Å². The SMILES string of the molecule is CCCN1CCC2(CC[C@H](NC(C)=O)c3ccccc32)CC1. The molecule has 0 radical (unpaired) electrons. The Hall–Kier alpha value is -1.35. The molecule has 3 nitrogen and oxygen atoms in total. The molecule has 1 aromatic carbocycles. The molecule has 22 heavy (non-hydrogen) atoms. The first-order valence-electron chi connectivity index (χ1n) is 8.73. The fraction of sp³-hybridized carbons (Fsp3) is 0.632. The molecule has 1 N–H and O–H groups in total. The molecule has 1 atom stereocenters. The van der Waals surface area contributed by atoms with Crippen molar-refractivity contribution in [1.82, 2.24) is 10.2 Å². The molecule has 1 saturated heterocycles. The lowest BCUT2D eigenvalue weighted by atomic mass is 9.63. The summed E-state index contributed by atoms with van der Waals surface area (Å²) >= 11 is 0. The van der Waals surface area contributed by atoms with Gasteiger partial charge in [0.15, 0.2) is 0 Å². The molecular formula is C19H28N2O. The van der Waals surface area contributed by atoms with Crippen molar-refractivity contribution in [2.24, 2.45) is 0 Å². The molecule has 3 heteroatoms. The zero-order valence-corrected chi connectivity index (χ0v) is 13.9. The molecule has 1 aliphatic carbocycles. The van der Waals surface area contributed by atoms with E-state index in [4.69, 9.17) is 0 Å². The second kappa shape index (κ2) is 6.41. The second-order valence-electron chi connectivity index (χ2n) is 7.00. The average Bonchev–Trinajstić information content (AvgIpc) is 2.53. The van der Waals surface area contributed by atoms with E-state index >= 15 is 0 Å². The predicted molar refractivity (Wildman–Crippen MR) is 89.9 cm³/mol. The van der Waals surface area contributed by atoms with Crippen LogP contribution in [-0.2, 0) is 10.2 Å². The predicted octanol–water partition coefficient (Wildman–Crippen LogP) is 3.40. The van der Waals surface area contributed by atoms with Gasteiger partial charge in [0.25, 0.3) is 0 Å². The standard InChI is InChI=1S/C19H28N2O/c1-3-12-21-13-10-19(11-14-21)9-8-18(20-15(2)22)16-6-4-5-7-17(16)19/h4-7,18H,3,8-14H2,1-2H3,(H,20,22)/t18-/m0/s1. The second-order valence-corrected chi connectivity index (χ2v) is 7.00. The first-order chi connectivity index (χ1) is 10.6. The van der Waals surface area contributed by atoms with Gasteiger partial charge in [-0.25, -0.2) is 0 Å². The molecule has 0 aromatic heterocycles. The lowest BCUT2D eigenvalue weighted by Gasteiger charge is -2.47. The number of likely N-dealkylation sites (tertiary alicyclic amines) is 1. The number of fused-ring (bicyclic) bond motifs is 2. The van der Waals surface area contributed by atoms with Crippen LogP contribution in [0, 0.1) is 0 Å². The zero-order chi connectivity index (χ0) is 15.6. The number of hydrogen-bond donors (Lipinski definition) is 1. The van der Waals surface area contributed by atoms with E-state index < -0.39 is 0 Å². The Balaban J connectivity index is 1.84. The minimum absolute atomic E-state index is 0.0773. The highest BCUT2D eigenvalue weighted by molar-refractivity contribution is 5.73. The summed E-state index contributed by atoms with van der Waals surface area (Å²) < 4.78 is 0. The van der Waals surface area contributed by atoms with Crippen LogP contribution in [0.25, 0.3) is 0 Å². The monoisotopic (exact) mass is 300 g/mol. The van der Waals surface area contributed by atoms with Crippen LogP contribution in [0.2, 0.25) is 0 Å². The average molecular weight is 300 g/mol. The molecule has 1 aromatic rings. The summed E-state index contributed by atoms with van der Waals surface area (Å²) in [6, 6.07) is 9.00. The molecule has 1 spiro atoms. The van der Waals surface area contributed by atoms with Crippen molar-refractivity contribution in [3.8, 4) is 0 Å². The third kappa shape index (κ3) is 2.91. The Morgan fingerprint density at radius 1 is 1.27 bits per heavy atom. The summed E-state index contributed by atoms with van der Waals surface area (Å²) in [5.41, 5.74) is 3.19. The molecule has 1 fully saturated rings. The Kier molecular flexibility index (Phi) is 4.53. The third-order valence-corrected chi connectivity index (χ3v) is 5.55. The van der Waals surface area contributed by atoms with Gasteiger partial charge in [0.2, 0.25) is 5.91 Å². The fourth-order valence-electron chi connectivity index (χ4n) is 4.43. The fourth-order valence-corrected chi connectivity index (χ4v) is 4.43. The van der Waals surface area contributed by atoms with E-state index in [-0.39, 0.29) is 11.9 Å². The van der Waals surface area contributed by atoms with Gasteiger partial charge in [-0.1, -0.05) is 31.2 Å². The lowest BCUT2D eigenvalue weighted by Crippen LogP contribution is -2.46. The lowest BCUT2D eigenvalue weighted by molar-refractivity contribution is -0.119. The first kappa shape index (κ1) is 15.5. The molecule has 3 rings (SSSR count). The number of benzene rings is 1. The summed E-state index contributed by atoms with van der Waals surface area (Å²) in [7, 11) is 0. The topological polar surface area (TPSA) is 32.3 Å². The van der Waals surface area contributed by atoms with Crippen LogP contribution in [0.4, 0.5) is 0 Å². The zero-order valence-electron chi connectivity index (χ0n) is 13.9. The van der Waals surface area contributed by atoms with Crippen molar-refractivity contribution in [2.45, 2.75) is 57.4 Å². The van der Waals surface area contributed by atoms with Crippen LogP contribution >= 0.6 is 0 Å². The van der Waals surface area contributed by atoms with E-state index in [1.807, 2.05) is 0 Å². The minimum Gasteiger partial charge on any atom is -0.350 e. The van der Waals surface area contributed by atoms with E-state index in [2.05, 4.69) is 41.4 Å². The van der Waals surface area contributed by atoms with Crippen LogP contribution in [-0.4, -0.2) is 30.4 Å². The molecule has 2 aliphatic rings. The Bertz CT molecular complexity index is 532. The maximum Gasteiger partial charge on any atom is 0.217 e. The number of carbonyl (C=O) groups excluding carboxylic acids is 1. The van der Waals surface area contributed by atoms with Gasteiger partial charge in [-0.05, 0) is 68.3 Å².